The van der Waals surface area contributed by atoms with E-state index in [-0.39, 0.29) is 11.7 Å². The lowest BCUT2D eigenvalue weighted by atomic mass is 10.4. The Balaban J connectivity index is 2.25. The molecule has 19 heavy (non-hydrogen) atoms. The largest absolute Gasteiger partial charge is 0.468 e. The number of hydrogen-bond acceptors (Lipinski definition) is 6. The van der Waals surface area contributed by atoms with E-state index < -0.39 is 12.0 Å². The van der Waals surface area contributed by atoms with Crippen molar-refractivity contribution in [3.63, 3.8) is 0 Å². The van der Waals surface area contributed by atoms with Crippen molar-refractivity contribution in [1.29, 1.82) is 0 Å². The third-order valence-corrected chi connectivity index (χ3v) is 3.47. The Morgan fingerprint density at radius 3 is 2.89 bits per heavy atom. The lowest BCUT2D eigenvalue weighted by Crippen LogP contribution is -2.35. The Kier molecular flexibility index (Phi) is 6.44. The maximum atomic E-state index is 11.8. The number of nitrogens with zero attached hydrogens (tertiary/aromatic N) is 1. The SMILES string of the molecule is COC(=O)C(N)CSCC(=O)N(C)Cc1ccco1. The molecule has 0 bridgehead atoms. The van der Waals surface area contributed by atoms with Crippen LogP contribution in [0.15, 0.2) is 22.8 Å². The van der Waals surface area contributed by atoms with Crippen LogP contribution >= 0.6 is 11.8 Å². The van der Waals surface area contributed by atoms with Crippen LogP contribution < -0.4 is 5.73 Å². The summed E-state index contributed by atoms with van der Waals surface area (Å²) in [4.78, 5) is 24.4. The van der Waals surface area contributed by atoms with Gasteiger partial charge in [-0.3, -0.25) is 9.59 Å². The van der Waals surface area contributed by atoms with Gasteiger partial charge in [-0.25, -0.2) is 0 Å². The molecule has 2 N–H and O–H groups in total. The molecule has 6 nitrogen and oxygen atoms in total. The average Bonchev–Trinajstić information content (AvgIpc) is 2.90. The molecule has 7 heteroatoms. The molecule has 0 saturated carbocycles. The molecule has 0 spiro atoms. The van der Waals surface area contributed by atoms with Gasteiger partial charge in [0.2, 0.25) is 5.91 Å². The number of furan rings is 1. The fraction of sp³-hybridized carbons (Fsp3) is 0.500. The minimum Gasteiger partial charge on any atom is -0.468 e. The Morgan fingerprint density at radius 1 is 1.58 bits per heavy atom. The van der Waals surface area contributed by atoms with Crippen molar-refractivity contribution >= 4 is 23.6 Å². The number of carbonyl (C=O) groups is 2. The van der Waals surface area contributed by atoms with E-state index in [1.54, 1.807) is 24.3 Å². The van der Waals surface area contributed by atoms with Crippen molar-refractivity contribution < 1.29 is 18.7 Å². The first-order valence-electron chi connectivity index (χ1n) is 5.72. The van der Waals surface area contributed by atoms with Gasteiger partial charge in [-0.1, -0.05) is 0 Å². The predicted molar refractivity (Wildman–Crippen MR) is 72.5 cm³/mol. The Hall–Kier alpha value is -1.47. The zero-order valence-corrected chi connectivity index (χ0v) is 11.8. The summed E-state index contributed by atoms with van der Waals surface area (Å²) in [6.07, 6.45) is 1.57. The number of thioether (sulfide) groups is 1. The highest BCUT2D eigenvalue weighted by Gasteiger charge is 2.16. The fourth-order valence-electron chi connectivity index (χ4n) is 1.33. The molecule has 0 aliphatic heterocycles. The molecule has 0 aliphatic carbocycles. The standard InChI is InChI=1S/C12H18N2O4S/c1-14(6-9-4-3-5-18-9)11(15)8-19-7-10(13)12(16)17-2/h3-5,10H,6-8,13H2,1-2H3. The van der Waals surface area contributed by atoms with Gasteiger partial charge in [-0.05, 0) is 12.1 Å². The molecule has 1 rings (SSSR count). The summed E-state index contributed by atoms with van der Waals surface area (Å²) in [5.74, 6) is 0.837. The van der Waals surface area contributed by atoms with E-state index in [0.29, 0.717) is 12.3 Å². The first-order valence-corrected chi connectivity index (χ1v) is 6.87. The highest BCUT2D eigenvalue weighted by Crippen LogP contribution is 2.08. The van der Waals surface area contributed by atoms with Gasteiger partial charge in [0.15, 0.2) is 0 Å². The Bertz CT molecular complexity index is 408. The average molecular weight is 286 g/mol. The summed E-state index contributed by atoms with van der Waals surface area (Å²) in [6, 6.07) is 2.89. The molecule has 0 saturated heterocycles. The summed E-state index contributed by atoms with van der Waals surface area (Å²) in [6.45, 7) is 0.426. The second kappa shape index (κ2) is 7.85. The van der Waals surface area contributed by atoms with Crippen LogP contribution in [0.2, 0.25) is 0 Å². The molecule has 1 aromatic heterocycles. The van der Waals surface area contributed by atoms with Crippen LogP contribution in [0.3, 0.4) is 0 Å². The van der Waals surface area contributed by atoms with E-state index in [1.807, 2.05) is 6.07 Å². The van der Waals surface area contributed by atoms with Crippen LogP contribution in [-0.2, 0) is 20.9 Å². The van der Waals surface area contributed by atoms with Crippen LogP contribution in [0.4, 0.5) is 0 Å². The second-order valence-corrected chi connectivity index (χ2v) is 5.00. The lowest BCUT2D eigenvalue weighted by molar-refractivity contribution is -0.141. The molecule has 1 amide bonds. The number of nitrogens with two attached hydrogens (primary N) is 1. The Labute approximate surface area is 116 Å². The maximum Gasteiger partial charge on any atom is 0.323 e. The van der Waals surface area contributed by atoms with Gasteiger partial charge in [0.25, 0.3) is 0 Å². The van der Waals surface area contributed by atoms with Crippen molar-refractivity contribution in [2.24, 2.45) is 5.73 Å². The molecule has 0 fully saturated rings. The second-order valence-electron chi connectivity index (χ2n) is 3.97. The molecule has 0 aliphatic rings. The highest BCUT2D eigenvalue weighted by molar-refractivity contribution is 8.00. The summed E-state index contributed by atoms with van der Waals surface area (Å²) >= 11 is 1.31. The van der Waals surface area contributed by atoms with Crippen molar-refractivity contribution in [3.8, 4) is 0 Å². The molecule has 1 atom stereocenters. The third kappa shape index (κ3) is 5.35. The van der Waals surface area contributed by atoms with Gasteiger partial charge in [-0.2, -0.15) is 0 Å². The van der Waals surface area contributed by atoms with E-state index in [0.717, 1.165) is 5.76 Å². The minimum absolute atomic E-state index is 0.0431. The van der Waals surface area contributed by atoms with Gasteiger partial charge in [0.05, 0.1) is 25.7 Å². The number of hydrogen-bond donors (Lipinski definition) is 1. The van der Waals surface area contributed by atoms with Crippen LogP contribution in [0.25, 0.3) is 0 Å². The first-order chi connectivity index (χ1) is 9.04. The summed E-state index contributed by atoms with van der Waals surface area (Å²) in [7, 11) is 2.99. The van der Waals surface area contributed by atoms with Crippen molar-refractivity contribution in [3.05, 3.63) is 24.2 Å². The molecule has 0 aromatic carbocycles. The number of rotatable bonds is 7. The molecule has 106 valence electrons. The van der Waals surface area contributed by atoms with E-state index in [9.17, 15) is 9.59 Å². The fourth-order valence-corrected chi connectivity index (χ4v) is 2.23. The van der Waals surface area contributed by atoms with Crippen LogP contribution in [0, 0.1) is 0 Å². The third-order valence-electron chi connectivity index (χ3n) is 2.43. The van der Waals surface area contributed by atoms with Crippen molar-refractivity contribution in [2.75, 3.05) is 25.7 Å². The van der Waals surface area contributed by atoms with Gasteiger partial charge < -0.3 is 19.8 Å². The van der Waals surface area contributed by atoms with Crippen LogP contribution in [0.1, 0.15) is 5.76 Å². The van der Waals surface area contributed by atoms with Gasteiger partial charge in [-0.15, -0.1) is 11.8 Å². The number of amides is 1. The monoisotopic (exact) mass is 286 g/mol. The molecule has 1 heterocycles. The molecular weight excluding hydrogens is 268 g/mol. The molecule has 0 radical (unpaired) electrons. The van der Waals surface area contributed by atoms with Gasteiger partial charge >= 0.3 is 5.97 Å². The normalized spacial score (nSPS) is 11.9. The van der Waals surface area contributed by atoms with Crippen LogP contribution in [-0.4, -0.2) is 48.5 Å². The maximum absolute atomic E-state index is 11.8. The van der Waals surface area contributed by atoms with E-state index in [1.165, 1.54) is 18.9 Å². The molecule has 1 aromatic rings. The summed E-state index contributed by atoms with van der Waals surface area (Å²) in [5.41, 5.74) is 5.56. The number of methoxy groups -OCH3 is 1. The van der Waals surface area contributed by atoms with Gasteiger partial charge in [0, 0.05) is 12.8 Å². The first kappa shape index (κ1) is 15.6. The number of carbonyl (C=O) groups excluding carboxylic acids is 2. The lowest BCUT2D eigenvalue weighted by Gasteiger charge is -2.16. The van der Waals surface area contributed by atoms with E-state index in [4.69, 9.17) is 10.2 Å². The molecule has 1 unspecified atom stereocenters. The number of esters is 1. The van der Waals surface area contributed by atoms with Gasteiger partial charge in [0.1, 0.15) is 11.8 Å². The minimum atomic E-state index is -0.696. The summed E-state index contributed by atoms with van der Waals surface area (Å²) < 4.78 is 9.66. The highest BCUT2D eigenvalue weighted by atomic mass is 32.2. The topological polar surface area (TPSA) is 85.8 Å². The van der Waals surface area contributed by atoms with Crippen molar-refractivity contribution in [2.45, 2.75) is 12.6 Å². The molecular formula is C12H18N2O4S. The summed E-state index contributed by atoms with van der Waals surface area (Å²) in [5, 5.41) is 0. The van der Waals surface area contributed by atoms with Crippen molar-refractivity contribution in [1.82, 2.24) is 4.90 Å². The van der Waals surface area contributed by atoms with Crippen LogP contribution in [0.5, 0.6) is 0 Å². The quantitative estimate of drug-likeness (QED) is 0.733. The Morgan fingerprint density at radius 2 is 2.32 bits per heavy atom. The zero-order valence-electron chi connectivity index (χ0n) is 11.0. The van der Waals surface area contributed by atoms with E-state index >= 15 is 0 Å². The van der Waals surface area contributed by atoms with E-state index in [2.05, 4.69) is 4.74 Å². The smallest absolute Gasteiger partial charge is 0.323 e. The zero-order chi connectivity index (χ0) is 14.3. The number of ether oxygens (including phenoxy) is 1. The predicted octanol–water partition coefficient (Wildman–Crippen LogP) is 0.472.